The van der Waals surface area contributed by atoms with Crippen LogP contribution in [0.3, 0.4) is 0 Å². The Labute approximate surface area is 125 Å². The highest BCUT2D eigenvalue weighted by atomic mass is 35.5. The summed E-state index contributed by atoms with van der Waals surface area (Å²) < 4.78 is 0. The number of rotatable bonds is 2. The highest BCUT2D eigenvalue weighted by molar-refractivity contribution is 6.42. The van der Waals surface area contributed by atoms with Gasteiger partial charge in [-0.05, 0) is 36.4 Å². The van der Waals surface area contributed by atoms with E-state index in [0.29, 0.717) is 21.6 Å². The Bertz CT molecular complexity index is 789. The third-order valence-corrected chi connectivity index (χ3v) is 3.50. The van der Waals surface area contributed by atoms with Gasteiger partial charge in [-0.1, -0.05) is 23.2 Å². The first-order chi connectivity index (χ1) is 9.61. The van der Waals surface area contributed by atoms with Gasteiger partial charge in [0.15, 0.2) is 0 Å². The molecule has 3 rings (SSSR count). The van der Waals surface area contributed by atoms with Crippen molar-refractivity contribution in [2.75, 3.05) is 11.1 Å². The number of nitrogens with one attached hydrogen (secondary N) is 1. The maximum atomic E-state index is 5.97. The highest BCUT2D eigenvalue weighted by Gasteiger charge is 2.03. The third kappa shape index (κ3) is 2.61. The number of halogens is 2. The fourth-order valence-corrected chi connectivity index (χ4v) is 2.11. The normalized spacial score (nSPS) is 10.7. The van der Waals surface area contributed by atoms with Crippen molar-refractivity contribution in [3.63, 3.8) is 0 Å². The van der Waals surface area contributed by atoms with E-state index in [1.165, 1.54) is 0 Å². The Balaban J connectivity index is 1.95. The van der Waals surface area contributed by atoms with Crippen LogP contribution in [0.4, 0.5) is 17.2 Å². The fraction of sp³-hybridized carbons (Fsp3) is 0. The Morgan fingerprint density at radius 2 is 1.80 bits per heavy atom. The monoisotopic (exact) mass is 304 g/mol. The number of nitrogen functional groups attached to an aromatic ring is 1. The van der Waals surface area contributed by atoms with Crippen LogP contribution < -0.4 is 11.1 Å². The molecule has 0 aliphatic carbocycles. The van der Waals surface area contributed by atoms with E-state index < -0.39 is 0 Å². The molecule has 0 aliphatic rings. The lowest BCUT2D eigenvalue weighted by Crippen LogP contribution is -1.96. The molecule has 0 bridgehead atoms. The molecule has 1 heterocycles. The second-order valence-electron chi connectivity index (χ2n) is 4.26. The highest BCUT2D eigenvalue weighted by Crippen LogP contribution is 2.26. The maximum Gasteiger partial charge on any atom is 0.149 e. The average Bonchev–Trinajstić information content (AvgIpc) is 2.42. The quantitative estimate of drug-likeness (QED) is 0.694. The molecule has 1 aromatic heterocycles. The summed E-state index contributed by atoms with van der Waals surface area (Å²) in [5, 5.41) is 4.12. The van der Waals surface area contributed by atoms with Gasteiger partial charge in [0.25, 0.3) is 0 Å². The minimum Gasteiger partial charge on any atom is -0.399 e. The lowest BCUT2D eigenvalue weighted by atomic mass is 10.2. The topological polar surface area (TPSA) is 63.8 Å². The van der Waals surface area contributed by atoms with E-state index in [2.05, 4.69) is 15.3 Å². The summed E-state index contributed by atoms with van der Waals surface area (Å²) in [5.74, 6) is 0.612. The minimum atomic E-state index is 0.481. The molecule has 2 aromatic carbocycles. The zero-order chi connectivity index (χ0) is 14.1. The van der Waals surface area contributed by atoms with Gasteiger partial charge in [-0.25, -0.2) is 4.98 Å². The van der Waals surface area contributed by atoms with Gasteiger partial charge in [0.1, 0.15) is 5.82 Å². The minimum absolute atomic E-state index is 0.481. The molecule has 3 aromatic rings. The summed E-state index contributed by atoms with van der Waals surface area (Å²) in [6.45, 7) is 0. The van der Waals surface area contributed by atoms with Crippen molar-refractivity contribution in [1.82, 2.24) is 9.97 Å². The maximum absolute atomic E-state index is 5.97. The van der Waals surface area contributed by atoms with Crippen LogP contribution in [-0.4, -0.2) is 9.97 Å². The van der Waals surface area contributed by atoms with E-state index in [1.807, 2.05) is 12.1 Å². The van der Waals surface area contributed by atoms with E-state index in [1.54, 1.807) is 30.5 Å². The van der Waals surface area contributed by atoms with Crippen molar-refractivity contribution >= 4 is 51.4 Å². The molecule has 0 radical (unpaired) electrons. The predicted octanol–water partition coefficient (Wildman–Crippen LogP) is 4.26. The second kappa shape index (κ2) is 5.15. The number of nitrogens with two attached hydrogens (primary N) is 1. The molecule has 3 N–H and O–H groups in total. The van der Waals surface area contributed by atoms with Gasteiger partial charge in [-0.2, -0.15) is 0 Å². The molecule has 0 amide bonds. The van der Waals surface area contributed by atoms with Crippen LogP contribution in [0.15, 0.2) is 42.6 Å². The molecule has 0 fully saturated rings. The van der Waals surface area contributed by atoms with Crippen LogP contribution in [0.25, 0.3) is 11.0 Å². The van der Waals surface area contributed by atoms with Crippen molar-refractivity contribution in [3.05, 3.63) is 52.6 Å². The van der Waals surface area contributed by atoms with Gasteiger partial charge in [-0.3, -0.25) is 4.98 Å². The van der Waals surface area contributed by atoms with Gasteiger partial charge in [0, 0.05) is 11.4 Å². The molecule has 0 aliphatic heterocycles. The third-order valence-electron chi connectivity index (χ3n) is 2.76. The molecule has 0 unspecified atom stereocenters. The molecular formula is C14H10Cl2N4. The number of hydrogen-bond donors (Lipinski definition) is 2. The van der Waals surface area contributed by atoms with Crippen LogP contribution in [0, 0.1) is 0 Å². The van der Waals surface area contributed by atoms with Crippen molar-refractivity contribution in [3.8, 4) is 0 Å². The number of hydrogen-bond acceptors (Lipinski definition) is 4. The van der Waals surface area contributed by atoms with E-state index >= 15 is 0 Å². The summed E-state index contributed by atoms with van der Waals surface area (Å²) in [7, 11) is 0. The summed E-state index contributed by atoms with van der Waals surface area (Å²) in [6, 6.07) is 10.7. The zero-order valence-corrected chi connectivity index (χ0v) is 11.8. The summed E-state index contributed by atoms with van der Waals surface area (Å²) in [5.41, 5.74) is 8.71. The molecule has 0 saturated heterocycles. The zero-order valence-electron chi connectivity index (χ0n) is 10.3. The smallest absolute Gasteiger partial charge is 0.149 e. The average molecular weight is 305 g/mol. The van der Waals surface area contributed by atoms with Gasteiger partial charge >= 0.3 is 0 Å². The molecule has 100 valence electrons. The van der Waals surface area contributed by atoms with Gasteiger partial charge < -0.3 is 11.1 Å². The van der Waals surface area contributed by atoms with Gasteiger partial charge in [-0.15, -0.1) is 0 Å². The Morgan fingerprint density at radius 3 is 2.60 bits per heavy atom. The number of benzene rings is 2. The van der Waals surface area contributed by atoms with Crippen LogP contribution in [0.5, 0.6) is 0 Å². The SMILES string of the molecule is Nc1ccc2ncc(Nc3ccc(Cl)c(Cl)c3)nc2c1. The number of fused-ring (bicyclic) bond motifs is 1. The summed E-state index contributed by atoms with van der Waals surface area (Å²) >= 11 is 11.8. The molecule has 0 saturated carbocycles. The first-order valence-electron chi connectivity index (χ1n) is 5.86. The van der Waals surface area contributed by atoms with Crippen LogP contribution in [0.1, 0.15) is 0 Å². The molecule has 0 atom stereocenters. The van der Waals surface area contributed by atoms with E-state index in [4.69, 9.17) is 28.9 Å². The van der Waals surface area contributed by atoms with E-state index in [-0.39, 0.29) is 0 Å². The largest absolute Gasteiger partial charge is 0.399 e. The lowest BCUT2D eigenvalue weighted by Gasteiger charge is -2.07. The predicted molar refractivity (Wildman–Crippen MR) is 83.7 cm³/mol. The lowest BCUT2D eigenvalue weighted by molar-refractivity contribution is 1.28. The van der Waals surface area contributed by atoms with Gasteiger partial charge in [0.2, 0.25) is 0 Å². The Kier molecular flexibility index (Phi) is 3.34. The first kappa shape index (κ1) is 13.0. The number of nitrogens with zero attached hydrogens (tertiary/aromatic N) is 2. The van der Waals surface area contributed by atoms with Crippen molar-refractivity contribution < 1.29 is 0 Å². The van der Waals surface area contributed by atoms with Gasteiger partial charge in [0.05, 0.1) is 27.3 Å². The fourth-order valence-electron chi connectivity index (χ4n) is 1.81. The van der Waals surface area contributed by atoms with Crippen molar-refractivity contribution in [1.29, 1.82) is 0 Å². The van der Waals surface area contributed by atoms with E-state index in [0.717, 1.165) is 16.7 Å². The van der Waals surface area contributed by atoms with Crippen LogP contribution in [-0.2, 0) is 0 Å². The second-order valence-corrected chi connectivity index (χ2v) is 5.07. The van der Waals surface area contributed by atoms with E-state index in [9.17, 15) is 0 Å². The Morgan fingerprint density at radius 1 is 0.950 bits per heavy atom. The van der Waals surface area contributed by atoms with Crippen molar-refractivity contribution in [2.24, 2.45) is 0 Å². The molecule has 20 heavy (non-hydrogen) atoms. The Hall–Kier alpha value is -2.04. The molecule has 6 heteroatoms. The first-order valence-corrected chi connectivity index (χ1v) is 6.62. The number of anilines is 3. The molecule has 0 spiro atoms. The van der Waals surface area contributed by atoms with Crippen LogP contribution in [0.2, 0.25) is 10.0 Å². The molecular weight excluding hydrogens is 295 g/mol. The molecule has 4 nitrogen and oxygen atoms in total. The number of aromatic nitrogens is 2. The summed E-state index contributed by atoms with van der Waals surface area (Å²) in [6.07, 6.45) is 1.65. The summed E-state index contributed by atoms with van der Waals surface area (Å²) in [4.78, 5) is 8.77. The van der Waals surface area contributed by atoms with Crippen molar-refractivity contribution in [2.45, 2.75) is 0 Å². The van der Waals surface area contributed by atoms with Crippen LogP contribution >= 0.6 is 23.2 Å². The standard InChI is InChI=1S/C14H10Cl2N4/c15-10-3-2-9(6-11(10)16)19-14-7-18-12-4-1-8(17)5-13(12)20-14/h1-7H,17H2,(H,19,20).